The molecule has 1 aliphatic heterocycles. The summed E-state index contributed by atoms with van der Waals surface area (Å²) in [5.74, 6) is -0.330. The standard InChI is InChI=1S/C10H10FN3O2/c11-9-3-1-2-8(6-9)7-12-10(15)14-13-4-5-16-14/h1-6,13H,7H2,(H,12,15). The van der Waals surface area contributed by atoms with E-state index in [0.717, 1.165) is 5.17 Å². The van der Waals surface area contributed by atoms with Crippen LogP contribution in [0.3, 0.4) is 0 Å². The van der Waals surface area contributed by atoms with E-state index < -0.39 is 6.03 Å². The predicted molar refractivity (Wildman–Crippen MR) is 53.8 cm³/mol. The molecule has 2 N–H and O–H groups in total. The van der Waals surface area contributed by atoms with Crippen LogP contribution >= 0.6 is 0 Å². The van der Waals surface area contributed by atoms with Crippen LogP contribution in [0.15, 0.2) is 36.7 Å². The molecule has 1 aliphatic rings. The van der Waals surface area contributed by atoms with E-state index in [1.54, 1.807) is 12.1 Å². The number of carbonyl (C=O) groups is 1. The second kappa shape index (κ2) is 4.52. The predicted octanol–water partition coefficient (Wildman–Crippen LogP) is 1.26. The molecule has 2 rings (SSSR count). The highest BCUT2D eigenvalue weighted by atomic mass is 19.1. The fraction of sp³-hybridized carbons (Fsp3) is 0.100. The Morgan fingerprint density at radius 3 is 3.12 bits per heavy atom. The van der Waals surface area contributed by atoms with Crippen molar-refractivity contribution in [2.45, 2.75) is 6.54 Å². The molecule has 1 aromatic rings. The summed E-state index contributed by atoms with van der Waals surface area (Å²) in [6.07, 6.45) is 2.81. The first-order valence-electron chi connectivity index (χ1n) is 4.66. The number of benzene rings is 1. The molecular weight excluding hydrogens is 213 g/mol. The topological polar surface area (TPSA) is 53.6 Å². The van der Waals surface area contributed by atoms with Gasteiger partial charge in [0, 0.05) is 6.54 Å². The number of nitrogens with zero attached hydrogens (tertiary/aromatic N) is 1. The van der Waals surface area contributed by atoms with Crippen LogP contribution in [0.4, 0.5) is 9.18 Å². The Morgan fingerprint density at radius 1 is 1.56 bits per heavy atom. The van der Waals surface area contributed by atoms with E-state index in [1.807, 2.05) is 0 Å². The molecule has 0 aromatic heterocycles. The second-order valence-electron chi connectivity index (χ2n) is 3.12. The molecule has 0 unspecified atom stereocenters. The van der Waals surface area contributed by atoms with Crippen molar-refractivity contribution in [2.24, 2.45) is 0 Å². The van der Waals surface area contributed by atoms with Crippen molar-refractivity contribution in [2.75, 3.05) is 0 Å². The Bertz CT molecular complexity index is 414. The van der Waals surface area contributed by atoms with Crippen molar-refractivity contribution < 1.29 is 14.0 Å². The van der Waals surface area contributed by atoms with E-state index in [9.17, 15) is 9.18 Å². The number of urea groups is 1. The largest absolute Gasteiger partial charge is 0.370 e. The maximum absolute atomic E-state index is 12.8. The minimum atomic E-state index is -0.450. The Labute approximate surface area is 91.4 Å². The third-order valence-electron chi connectivity index (χ3n) is 1.94. The first kappa shape index (κ1) is 10.3. The molecule has 0 fully saturated rings. The van der Waals surface area contributed by atoms with Gasteiger partial charge in [-0.25, -0.2) is 9.18 Å². The number of hydrazine groups is 1. The molecule has 0 radical (unpaired) electrons. The third kappa shape index (κ3) is 2.41. The van der Waals surface area contributed by atoms with Crippen LogP contribution < -0.4 is 10.7 Å². The number of hydroxylamine groups is 1. The number of hydrogen-bond acceptors (Lipinski definition) is 3. The minimum Gasteiger partial charge on any atom is -0.361 e. The van der Waals surface area contributed by atoms with Gasteiger partial charge in [-0.3, -0.25) is 5.43 Å². The van der Waals surface area contributed by atoms with Gasteiger partial charge in [-0.2, -0.15) is 0 Å². The summed E-state index contributed by atoms with van der Waals surface area (Å²) in [7, 11) is 0. The Hall–Kier alpha value is -2.24. The van der Waals surface area contributed by atoms with Gasteiger partial charge in [0.15, 0.2) is 0 Å². The van der Waals surface area contributed by atoms with Crippen LogP contribution in [0.2, 0.25) is 0 Å². The van der Waals surface area contributed by atoms with Crippen LogP contribution in [-0.4, -0.2) is 11.2 Å². The van der Waals surface area contributed by atoms with Crippen LogP contribution in [0.5, 0.6) is 0 Å². The number of halogens is 1. The molecule has 0 aliphatic carbocycles. The van der Waals surface area contributed by atoms with Crippen molar-refractivity contribution in [3.05, 3.63) is 48.1 Å². The molecule has 1 heterocycles. The minimum absolute atomic E-state index is 0.234. The molecule has 0 saturated carbocycles. The van der Waals surface area contributed by atoms with Gasteiger partial charge in [0.1, 0.15) is 12.1 Å². The fourth-order valence-electron chi connectivity index (χ4n) is 1.22. The summed E-state index contributed by atoms with van der Waals surface area (Å²) in [5, 5.41) is 3.49. The lowest BCUT2D eigenvalue weighted by Gasteiger charge is -2.14. The number of rotatable bonds is 2. The van der Waals surface area contributed by atoms with Crippen molar-refractivity contribution >= 4 is 6.03 Å². The summed E-state index contributed by atoms with van der Waals surface area (Å²) < 4.78 is 12.8. The van der Waals surface area contributed by atoms with Crippen molar-refractivity contribution in [1.29, 1.82) is 0 Å². The van der Waals surface area contributed by atoms with E-state index in [0.29, 0.717) is 5.56 Å². The quantitative estimate of drug-likeness (QED) is 0.793. The van der Waals surface area contributed by atoms with E-state index in [4.69, 9.17) is 4.84 Å². The van der Waals surface area contributed by atoms with Gasteiger partial charge in [0.2, 0.25) is 0 Å². The zero-order chi connectivity index (χ0) is 11.4. The first-order valence-corrected chi connectivity index (χ1v) is 4.66. The van der Waals surface area contributed by atoms with Gasteiger partial charge < -0.3 is 10.2 Å². The molecule has 0 spiro atoms. The molecule has 0 atom stereocenters. The molecule has 1 aromatic carbocycles. The van der Waals surface area contributed by atoms with Crippen molar-refractivity contribution in [3.8, 4) is 0 Å². The van der Waals surface area contributed by atoms with Gasteiger partial charge in [0.25, 0.3) is 0 Å². The molecule has 6 heteroatoms. The smallest absolute Gasteiger partial charge is 0.361 e. The lowest BCUT2D eigenvalue weighted by Crippen LogP contribution is -2.42. The highest BCUT2D eigenvalue weighted by molar-refractivity contribution is 5.72. The summed E-state index contributed by atoms with van der Waals surface area (Å²) in [6.45, 7) is 0.234. The zero-order valence-corrected chi connectivity index (χ0v) is 8.31. The lowest BCUT2D eigenvalue weighted by molar-refractivity contribution is -0.0647. The molecule has 5 nitrogen and oxygen atoms in total. The van der Waals surface area contributed by atoms with Gasteiger partial charge in [-0.1, -0.05) is 17.3 Å². The summed E-state index contributed by atoms with van der Waals surface area (Å²) in [5.41, 5.74) is 3.23. The van der Waals surface area contributed by atoms with E-state index in [1.165, 1.54) is 24.6 Å². The Morgan fingerprint density at radius 2 is 2.44 bits per heavy atom. The van der Waals surface area contributed by atoms with Gasteiger partial charge in [-0.05, 0) is 17.7 Å². The Kier molecular flexibility index (Phi) is 2.90. The Balaban J connectivity index is 1.85. The van der Waals surface area contributed by atoms with Crippen molar-refractivity contribution in [3.63, 3.8) is 0 Å². The third-order valence-corrected chi connectivity index (χ3v) is 1.94. The normalized spacial score (nSPS) is 13.2. The number of hydrogen-bond donors (Lipinski definition) is 2. The van der Waals surface area contributed by atoms with Crippen LogP contribution in [0.1, 0.15) is 5.56 Å². The van der Waals surface area contributed by atoms with Crippen molar-refractivity contribution in [1.82, 2.24) is 15.9 Å². The molecule has 2 amide bonds. The molecule has 84 valence electrons. The number of amides is 2. The average Bonchev–Trinajstić information content (AvgIpc) is 2.79. The first-order chi connectivity index (χ1) is 7.75. The zero-order valence-electron chi connectivity index (χ0n) is 8.31. The maximum atomic E-state index is 12.8. The highest BCUT2D eigenvalue weighted by Gasteiger charge is 2.15. The SMILES string of the molecule is O=C(NCc1cccc(F)c1)N1NC=CO1. The molecule has 0 bridgehead atoms. The monoisotopic (exact) mass is 223 g/mol. The summed E-state index contributed by atoms with van der Waals surface area (Å²) in [6, 6.07) is 5.56. The van der Waals surface area contributed by atoms with Crippen LogP contribution in [0.25, 0.3) is 0 Å². The van der Waals surface area contributed by atoms with Gasteiger partial charge in [-0.15, -0.1) is 0 Å². The lowest BCUT2D eigenvalue weighted by atomic mass is 10.2. The highest BCUT2D eigenvalue weighted by Crippen LogP contribution is 2.03. The fourth-order valence-corrected chi connectivity index (χ4v) is 1.22. The number of nitrogens with one attached hydrogen (secondary N) is 2. The second-order valence-corrected chi connectivity index (χ2v) is 3.12. The van der Waals surface area contributed by atoms with Gasteiger partial charge >= 0.3 is 6.03 Å². The summed E-state index contributed by atoms with van der Waals surface area (Å²) >= 11 is 0. The van der Waals surface area contributed by atoms with E-state index in [2.05, 4.69) is 10.7 Å². The molecular formula is C10H10FN3O2. The molecule has 16 heavy (non-hydrogen) atoms. The number of carbonyl (C=O) groups excluding carboxylic acids is 1. The van der Waals surface area contributed by atoms with E-state index in [-0.39, 0.29) is 12.4 Å². The van der Waals surface area contributed by atoms with Crippen LogP contribution in [0, 0.1) is 5.82 Å². The van der Waals surface area contributed by atoms with E-state index >= 15 is 0 Å². The van der Waals surface area contributed by atoms with Gasteiger partial charge in [0.05, 0.1) is 6.20 Å². The average molecular weight is 223 g/mol. The molecule has 0 saturated heterocycles. The van der Waals surface area contributed by atoms with Crippen LogP contribution in [-0.2, 0) is 11.4 Å². The summed E-state index contributed by atoms with van der Waals surface area (Å²) in [4.78, 5) is 16.2. The maximum Gasteiger partial charge on any atom is 0.370 e.